The SMILES string of the molecule is CC(C)NC(=O)[C@H](C)N(Cc1ccc(Cl)cc1)C(=O)CN(c1ccccc1)S(=O)(=O)c1ccccc1. The van der Waals surface area contributed by atoms with E-state index in [0.717, 1.165) is 9.87 Å². The number of halogens is 1. The zero-order valence-corrected chi connectivity index (χ0v) is 22.0. The molecule has 190 valence electrons. The summed E-state index contributed by atoms with van der Waals surface area (Å²) in [6.45, 7) is 4.92. The quantitative estimate of drug-likeness (QED) is 0.421. The minimum atomic E-state index is -4.06. The van der Waals surface area contributed by atoms with E-state index in [-0.39, 0.29) is 23.4 Å². The van der Waals surface area contributed by atoms with Gasteiger partial charge in [-0.15, -0.1) is 0 Å². The van der Waals surface area contributed by atoms with Crippen LogP contribution >= 0.6 is 11.6 Å². The van der Waals surface area contributed by atoms with E-state index >= 15 is 0 Å². The Kier molecular flexibility index (Phi) is 9.12. The number of hydrogen-bond acceptors (Lipinski definition) is 4. The second-order valence-electron chi connectivity index (χ2n) is 8.65. The monoisotopic (exact) mass is 527 g/mol. The highest BCUT2D eigenvalue weighted by Gasteiger charge is 2.32. The number of amides is 2. The van der Waals surface area contributed by atoms with Crippen molar-refractivity contribution in [2.45, 2.75) is 44.3 Å². The van der Waals surface area contributed by atoms with E-state index < -0.39 is 28.5 Å². The van der Waals surface area contributed by atoms with Crippen molar-refractivity contribution in [1.29, 1.82) is 0 Å². The number of carbonyl (C=O) groups excluding carboxylic acids is 2. The van der Waals surface area contributed by atoms with Gasteiger partial charge < -0.3 is 10.2 Å². The molecule has 0 spiro atoms. The Balaban J connectivity index is 1.98. The molecular weight excluding hydrogens is 498 g/mol. The molecule has 3 rings (SSSR count). The normalized spacial score (nSPS) is 12.1. The molecule has 0 aliphatic rings. The number of carbonyl (C=O) groups is 2. The zero-order chi connectivity index (χ0) is 26.3. The van der Waals surface area contributed by atoms with Gasteiger partial charge in [0, 0.05) is 17.6 Å². The average Bonchev–Trinajstić information content (AvgIpc) is 2.87. The Morgan fingerprint density at radius 2 is 1.42 bits per heavy atom. The summed E-state index contributed by atoms with van der Waals surface area (Å²) in [7, 11) is -4.06. The lowest BCUT2D eigenvalue weighted by molar-refractivity contribution is -0.139. The van der Waals surface area contributed by atoms with Gasteiger partial charge in [-0.25, -0.2) is 8.42 Å². The third-order valence-corrected chi connectivity index (χ3v) is 7.56. The van der Waals surface area contributed by atoms with Crippen LogP contribution in [0.15, 0.2) is 89.8 Å². The highest BCUT2D eigenvalue weighted by molar-refractivity contribution is 7.92. The summed E-state index contributed by atoms with van der Waals surface area (Å²) in [5, 5.41) is 3.38. The summed E-state index contributed by atoms with van der Waals surface area (Å²) in [6, 6.07) is 22.4. The van der Waals surface area contributed by atoms with Gasteiger partial charge in [-0.2, -0.15) is 0 Å². The third-order valence-electron chi connectivity index (χ3n) is 5.52. The maximum Gasteiger partial charge on any atom is 0.264 e. The van der Waals surface area contributed by atoms with Crippen molar-refractivity contribution in [3.05, 3.63) is 95.5 Å². The van der Waals surface area contributed by atoms with Crippen LogP contribution in [0.2, 0.25) is 5.02 Å². The molecule has 9 heteroatoms. The van der Waals surface area contributed by atoms with Crippen LogP contribution in [-0.4, -0.2) is 43.8 Å². The van der Waals surface area contributed by atoms with Gasteiger partial charge in [-0.3, -0.25) is 13.9 Å². The molecule has 0 saturated heterocycles. The van der Waals surface area contributed by atoms with E-state index in [1.807, 2.05) is 13.8 Å². The van der Waals surface area contributed by atoms with Gasteiger partial charge >= 0.3 is 0 Å². The van der Waals surface area contributed by atoms with Crippen LogP contribution in [0.25, 0.3) is 0 Å². The molecule has 0 saturated carbocycles. The molecule has 0 bridgehead atoms. The first-order valence-electron chi connectivity index (χ1n) is 11.6. The highest BCUT2D eigenvalue weighted by atomic mass is 35.5. The Morgan fingerprint density at radius 3 is 1.97 bits per heavy atom. The molecule has 0 unspecified atom stereocenters. The molecule has 3 aromatic carbocycles. The van der Waals surface area contributed by atoms with E-state index in [0.29, 0.717) is 10.7 Å². The Morgan fingerprint density at radius 1 is 0.861 bits per heavy atom. The number of sulfonamides is 1. The summed E-state index contributed by atoms with van der Waals surface area (Å²) in [6.07, 6.45) is 0. The van der Waals surface area contributed by atoms with E-state index in [4.69, 9.17) is 11.6 Å². The van der Waals surface area contributed by atoms with Crippen LogP contribution in [-0.2, 0) is 26.2 Å². The molecule has 0 fully saturated rings. The van der Waals surface area contributed by atoms with Crippen molar-refractivity contribution in [2.24, 2.45) is 0 Å². The smallest absolute Gasteiger partial charge is 0.264 e. The molecule has 1 N–H and O–H groups in total. The van der Waals surface area contributed by atoms with Crippen LogP contribution in [0.4, 0.5) is 5.69 Å². The summed E-state index contributed by atoms with van der Waals surface area (Å²) >= 11 is 6.01. The van der Waals surface area contributed by atoms with Crippen LogP contribution in [0.3, 0.4) is 0 Å². The van der Waals surface area contributed by atoms with E-state index in [1.54, 1.807) is 79.7 Å². The Bertz CT molecular complexity index is 1270. The molecule has 3 aromatic rings. The van der Waals surface area contributed by atoms with Gasteiger partial charge in [0.1, 0.15) is 12.6 Å². The fourth-order valence-electron chi connectivity index (χ4n) is 3.62. The van der Waals surface area contributed by atoms with Gasteiger partial charge in [0.25, 0.3) is 10.0 Å². The van der Waals surface area contributed by atoms with Crippen molar-refractivity contribution >= 4 is 39.1 Å². The fourth-order valence-corrected chi connectivity index (χ4v) is 5.18. The second kappa shape index (κ2) is 12.1. The molecule has 0 aromatic heterocycles. The minimum absolute atomic E-state index is 0.0662. The molecule has 0 heterocycles. The van der Waals surface area contributed by atoms with Crippen LogP contribution in [0.1, 0.15) is 26.3 Å². The average molecular weight is 528 g/mol. The van der Waals surface area contributed by atoms with E-state index in [9.17, 15) is 18.0 Å². The summed E-state index contributed by atoms with van der Waals surface area (Å²) in [5.74, 6) is -0.843. The van der Waals surface area contributed by atoms with Crippen LogP contribution in [0.5, 0.6) is 0 Å². The lowest BCUT2D eigenvalue weighted by Gasteiger charge is -2.32. The van der Waals surface area contributed by atoms with Gasteiger partial charge in [-0.05, 0) is 62.7 Å². The highest BCUT2D eigenvalue weighted by Crippen LogP contribution is 2.24. The first kappa shape index (κ1) is 27.2. The molecular formula is C27H30ClN3O4S. The van der Waals surface area contributed by atoms with E-state index in [2.05, 4.69) is 5.32 Å². The number of benzene rings is 3. The standard InChI is InChI=1S/C27H30ClN3O4S/c1-20(2)29-27(33)21(3)30(18-22-14-16-23(28)17-15-22)26(32)19-31(24-10-6-4-7-11-24)36(34,35)25-12-8-5-9-13-25/h4-17,20-21H,18-19H2,1-3H3,(H,29,33)/t21-/m0/s1. The number of para-hydroxylation sites is 1. The van der Waals surface area contributed by atoms with Gasteiger partial charge in [0.05, 0.1) is 10.6 Å². The molecule has 0 radical (unpaired) electrons. The van der Waals surface area contributed by atoms with Crippen molar-refractivity contribution in [3.63, 3.8) is 0 Å². The van der Waals surface area contributed by atoms with Gasteiger partial charge in [-0.1, -0.05) is 60.1 Å². The third kappa shape index (κ3) is 6.86. The molecule has 0 aliphatic heterocycles. The van der Waals surface area contributed by atoms with E-state index in [1.165, 1.54) is 17.0 Å². The Labute approximate surface area is 217 Å². The maximum absolute atomic E-state index is 13.7. The molecule has 2 amide bonds. The first-order chi connectivity index (χ1) is 17.1. The summed E-state index contributed by atoms with van der Waals surface area (Å²) in [4.78, 5) is 28.0. The first-order valence-corrected chi connectivity index (χ1v) is 13.4. The number of hydrogen-bond donors (Lipinski definition) is 1. The van der Waals surface area contributed by atoms with Crippen molar-refractivity contribution in [1.82, 2.24) is 10.2 Å². The molecule has 1 atom stereocenters. The van der Waals surface area contributed by atoms with Crippen LogP contribution in [0, 0.1) is 0 Å². The predicted molar refractivity (Wildman–Crippen MR) is 142 cm³/mol. The van der Waals surface area contributed by atoms with Gasteiger partial charge in [0.15, 0.2) is 0 Å². The number of anilines is 1. The topological polar surface area (TPSA) is 86.8 Å². The Hall–Kier alpha value is -3.36. The number of nitrogens with zero attached hydrogens (tertiary/aromatic N) is 2. The van der Waals surface area contributed by atoms with Crippen molar-refractivity contribution < 1.29 is 18.0 Å². The second-order valence-corrected chi connectivity index (χ2v) is 10.9. The van der Waals surface area contributed by atoms with Crippen molar-refractivity contribution in [2.75, 3.05) is 10.8 Å². The molecule has 36 heavy (non-hydrogen) atoms. The minimum Gasteiger partial charge on any atom is -0.352 e. The molecule has 7 nitrogen and oxygen atoms in total. The lowest BCUT2D eigenvalue weighted by atomic mass is 10.1. The van der Waals surface area contributed by atoms with Crippen molar-refractivity contribution in [3.8, 4) is 0 Å². The largest absolute Gasteiger partial charge is 0.352 e. The fraction of sp³-hybridized carbons (Fsp3) is 0.259. The van der Waals surface area contributed by atoms with Gasteiger partial charge in [0.2, 0.25) is 11.8 Å². The summed E-state index contributed by atoms with van der Waals surface area (Å²) in [5.41, 5.74) is 1.11. The maximum atomic E-state index is 13.7. The predicted octanol–water partition coefficient (Wildman–Crippen LogP) is 4.48. The number of rotatable bonds is 10. The van der Waals surface area contributed by atoms with Crippen LogP contribution < -0.4 is 9.62 Å². The summed E-state index contributed by atoms with van der Waals surface area (Å²) < 4.78 is 28.3. The zero-order valence-electron chi connectivity index (χ0n) is 20.5. The molecule has 0 aliphatic carbocycles. The lowest BCUT2D eigenvalue weighted by Crippen LogP contribution is -2.52. The number of nitrogens with one attached hydrogen (secondary N) is 1.